The van der Waals surface area contributed by atoms with Gasteiger partial charge in [-0.2, -0.15) is 10.1 Å². The molecule has 0 radical (unpaired) electrons. The number of aryl methyl sites for hydroxylation is 2. The summed E-state index contributed by atoms with van der Waals surface area (Å²) in [7, 11) is 0. The molecule has 0 bridgehead atoms. The highest BCUT2D eigenvalue weighted by molar-refractivity contribution is 5.60. The van der Waals surface area contributed by atoms with Gasteiger partial charge >= 0.3 is 0 Å². The maximum Gasteiger partial charge on any atom is 0.244 e. The number of anilines is 3. The quantitative estimate of drug-likeness (QED) is 0.750. The first-order valence-corrected chi connectivity index (χ1v) is 7.52. The normalized spacial score (nSPS) is 10.3. The average molecular weight is 305 g/mol. The molecule has 1 aromatic heterocycles. The smallest absolute Gasteiger partial charge is 0.244 e. The number of nitrogens with one attached hydrogen (secondary N) is 2. The summed E-state index contributed by atoms with van der Waals surface area (Å²) in [4.78, 5) is 4.45. The highest BCUT2D eigenvalue weighted by Gasteiger charge is 2.03. The third-order valence-corrected chi connectivity index (χ3v) is 3.50. The number of benzene rings is 2. The molecule has 2 N–H and O–H groups in total. The zero-order chi connectivity index (χ0) is 16.1. The minimum Gasteiger partial charge on any atom is -0.349 e. The molecule has 0 amide bonds. The minimum absolute atomic E-state index is 0.503. The molecular formula is C18H19N5. The predicted molar refractivity (Wildman–Crippen MR) is 92.8 cm³/mol. The Morgan fingerprint density at radius 1 is 1.00 bits per heavy atom. The molecular weight excluding hydrogens is 286 g/mol. The highest BCUT2D eigenvalue weighted by atomic mass is 15.3. The van der Waals surface area contributed by atoms with Crippen LogP contribution in [0.4, 0.5) is 17.5 Å². The van der Waals surface area contributed by atoms with Crippen molar-refractivity contribution in [2.45, 2.75) is 20.4 Å². The zero-order valence-corrected chi connectivity index (χ0v) is 13.2. The van der Waals surface area contributed by atoms with Crippen LogP contribution in [0.25, 0.3) is 0 Å². The van der Waals surface area contributed by atoms with Gasteiger partial charge in [-0.3, -0.25) is 0 Å². The minimum atomic E-state index is 0.503. The summed E-state index contributed by atoms with van der Waals surface area (Å²) in [6.45, 7) is 4.81. The van der Waals surface area contributed by atoms with Gasteiger partial charge in [-0.1, -0.05) is 48.0 Å². The van der Waals surface area contributed by atoms with Gasteiger partial charge in [0, 0.05) is 12.2 Å². The number of hydrogen-bond acceptors (Lipinski definition) is 5. The molecule has 0 fully saturated rings. The van der Waals surface area contributed by atoms with Gasteiger partial charge in [0.05, 0.1) is 6.20 Å². The summed E-state index contributed by atoms with van der Waals surface area (Å²) < 4.78 is 0. The Balaban J connectivity index is 1.69. The Kier molecular flexibility index (Phi) is 4.47. The van der Waals surface area contributed by atoms with E-state index >= 15 is 0 Å². The van der Waals surface area contributed by atoms with Crippen LogP contribution in [0.1, 0.15) is 16.7 Å². The maximum atomic E-state index is 4.45. The number of aromatic nitrogens is 3. The van der Waals surface area contributed by atoms with E-state index in [4.69, 9.17) is 0 Å². The zero-order valence-electron chi connectivity index (χ0n) is 13.2. The highest BCUT2D eigenvalue weighted by Crippen LogP contribution is 2.20. The van der Waals surface area contributed by atoms with E-state index in [1.807, 2.05) is 24.3 Å². The van der Waals surface area contributed by atoms with Gasteiger partial charge in [0.25, 0.3) is 0 Å². The Morgan fingerprint density at radius 3 is 2.61 bits per heavy atom. The summed E-state index contributed by atoms with van der Waals surface area (Å²) in [6, 6.07) is 16.4. The van der Waals surface area contributed by atoms with Crippen molar-refractivity contribution in [3.63, 3.8) is 0 Å². The molecule has 1 heterocycles. The van der Waals surface area contributed by atoms with Crippen molar-refractivity contribution in [3.8, 4) is 0 Å². The SMILES string of the molecule is Cc1ccc(Nc2cnnc(NCc3ccccc3)n2)c(C)c1. The van der Waals surface area contributed by atoms with E-state index in [0.717, 1.165) is 5.69 Å². The first-order valence-electron chi connectivity index (χ1n) is 7.52. The Morgan fingerprint density at radius 2 is 1.83 bits per heavy atom. The number of nitrogens with zero attached hydrogens (tertiary/aromatic N) is 3. The lowest BCUT2D eigenvalue weighted by molar-refractivity contribution is 0.948. The molecule has 0 saturated heterocycles. The van der Waals surface area contributed by atoms with Crippen molar-refractivity contribution in [2.75, 3.05) is 10.6 Å². The second kappa shape index (κ2) is 6.87. The maximum absolute atomic E-state index is 4.45. The van der Waals surface area contributed by atoms with Crippen molar-refractivity contribution in [1.29, 1.82) is 0 Å². The van der Waals surface area contributed by atoms with Gasteiger partial charge in [-0.15, -0.1) is 5.10 Å². The summed E-state index contributed by atoms with van der Waals surface area (Å²) in [5.41, 5.74) is 4.59. The Hall–Kier alpha value is -2.95. The molecule has 0 aliphatic rings. The fourth-order valence-corrected chi connectivity index (χ4v) is 2.31. The van der Waals surface area contributed by atoms with E-state index in [0.29, 0.717) is 18.3 Å². The first kappa shape index (κ1) is 15.0. The Bertz CT molecular complexity index is 786. The van der Waals surface area contributed by atoms with E-state index in [-0.39, 0.29) is 0 Å². The lowest BCUT2D eigenvalue weighted by Gasteiger charge is -2.10. The summed E-state index contributed by atoms with van der Waals surface area (Å²) >= 11 is 0. The lowest BCUT2D eigenvalue weighted by Crippen LogP contribution is -2.06. The molecule has 116 valence electrons. The molecule has 0 saturated carbocycles. The molecule has 23 heavy (non-hydrogen) atoms. The predicted octanol–water partition coefficient (Wildman–Crippen LogP) is 3.84. The van der Waals surface area contributed by atoms with Crippen molar-refractivity contribution in [2.24, 2.45) is 0 Å². The van der Waals surface area contributed by atoms with Gasteiger partial charge in [0.15, 0.2) is 5.82 Å². The van der Waals surface area contributed by atoms with Crippen LogP contribution < -0.4 is 10.6 Å². The summed E-state index contributed by atoms with van der Waals surface area (Å²) in [5, 5.41) is 14.5. The molecule has 2 aromatic carbocycles. The van der Waals surface area contributed by atoms with Gasteiger partial charge in [-0.05, 0) is 31.0 Å². The largest absolute Gasteiger partial charge is 0.349 e. The molecule has 3 rings (SSSR count). The van der Waals surface area contributed by atoms with Crippen LogP contribution in [0, 0.1) is 13.8 Å². The fraction of sp³-hybridized carbons (Fsp3) is 0.167. The van der Waals surface area contributed by atoms with Crippen molar-refractivity contribution < 1.29 is 0 Å². The van der Waals surface area contributed by atoms with E-state index in [1.165, 1.54) is 16.7 Å². The second-order valence-corrected chi connectivity index (χ2v) is 5.45. The fourth-order valence-electron chi connectivity index (χ4n) is 2.31. The van der Waals surface area contributed by atoms with Crippen molar-refractivity contribution in [3.05, 3.63) is 71.4 Å². The second-order valence-electron chi connectivity index (χ2n) is 5.45. The van der Waals surface area contributed by atoms with Crippen LogP contribution in [0.15, 0.2) is 54.7 Å². The molecule has 3 aromatic rings. The van der Waals surface area contributed by atoms with Crippen LogP contribution in [-0.4, -0.2) is 15.2 Å². The summed E-state index contributed by atoms with van der Waals surface area (Å²) in [6.07, 6.45) is 1.62. The van der Waals surface area contributed by atoms with Gasteiger partial charge in [0.2, 0.25) is 5.95 Å². The van der Waals surface area contributed by atoms with E-state index in [2.05, 4.69) is 63.9 Å². The topological polar surface area (TPSA) is 62.7 Å². The lowest BCUT2D eigenvalue weighted by atomic mass is 10.1. The van der Waals surface area contributed by atoms with Gasteiger partial charge in [-0.25, -0.2) is 0 Å². The number of hydrogen-bond donors (Lipinski definition) is 2. The third-order valence-electron chi connectivity index (χ3n) is 3.50. The summed E-state index contributed by atoms with van der Waals surface area (Å²) in [5.74, 6) is 1.17. The number of rotatable bonds is 5. The van der Waals surface area contributed by atoms with E-state index < -0.39 is 0 Å². The van der Waals surface area contributed by atoms with E-state index in [1.54, 1.807) is 6.20 Å². The van der Waals surface area contributed by atoms with Crippen LogP contribution in [0.3, 0.4) is 0 Å². The van der Waals surface area contributed by atoms with Crippen molar-refractivity contribution in [1.82, 2.24) is 15.2 Å². The van der Waals surface area contributed by atoms with Crippen LogP contribution in [0.2, 0.25) is 0 Å². The van der Waals surface area contributed by atoms with Crippen molar-refractivity contribution >= 4 is 17.5 Å². The third kappa shape index (κ3) is 4.03. The van der Waals surface area contributed by atoms with Crippen LogP contribution in [-0.2, 0) is 6.54 Å². The molecule has 0 atom stereocenters. The Labute approximate surface area is 135 Å². The van der Waals surface area contributed by atoms with Crippen LogP contribution in [0.5, 0.6) is 0 Å². The molecule has 5 heteroatoms. The van der Waals surface area contributed by atoms with Gasteiger partial charge < -0.3 is 10.6 Å². The average Bonchev–Trinajstić information content (AvgIpc) is 2.57. The molecule has 0 spiro atoms. The molecule has 5 nitrogen and oxygen atoms in total. The van der Waals surface area contributed by atoms with Crippen LogP contribution >= 0.6 is 0 Å². The standard InChI is InChI=1S/C18H19N5/c1-13-8-9-16(14(2)10-13)21-17-12-20-23-18(22-17)19-11-15-6-4-3-5-7-15/h3-10,12H,11H2,1-2H3,(H2,19,21,22,23). The first-order chi connectivity index (χ1) is 11.2. The molecule has 0 aliphatic carbocycles. The molecule has 0 aliphatic heterocycles. The monoisotopic (exact) mass is 305 g/mol. The van der Waals surface area contributed by atoms with Gasteiger partial charge in [0.1, 0.15) is 0 Å². The molecule has 0 unspecified atom stereocenters. The van der Waals surface area contributed by atoms with E-state index in [9.17, 15) is 0 Å².